The van der Waals surface area contributed by atoms with Crippen LogP contribution in [-0.4, -0.2) is 30.0 Å². The van der Waals surface area contributed by atoms with Gasteiger partial charge in [0.2, 0.25) is 0 Å². The number of tetrazole rings is 1. The maximum atomic E-state index is 4.08. The fraction of sp³-hybridized carbons (Fsp3) is 0.0909. The standard InChI is InChI=1S/C11H11N7/c1-17-8-9(7-12-17)13-11-14-15-16-18(11)10-5-3-2-4-6-10/h2-8H,1H3,(H,13,14,16). The van der Waals surface area contributed by atoms with Crippen LogP contribution in [0.15, 0.2) is 42.7 Å². The van der Waals surface area contributed by atoms with Gasteiger partial charge in [-0.15, -0.1) is 0 Å². The molecule has 0 bridgehead atoms. The van der Waals surface area contributed by atoms with Crippen LogP contribution in [0.4, 0.5) is 11.6 Å². The van der Waals surface area contributed by atoms with E-state index in [0.29, 0.717) is 5.95 Å². The van der Waals surface area contributed by atoms with E-state index in [1.807, 2.05) is 43.6 Å². The summed E-state index contributed by atoms with van der Waals surface area (Å²) in [5.74, 6) is 0.550. The van der Waals surface area contributed by atoms with Gasteiger partial charge in [-0.2, -0.15) is 9.78 Å². The molecule has 0 saturated heterocycles. The Hall–Kier alpha value is -2.70. The van der Waals surface area contributed by atoms with E-state index in [0.717, 1.165) is 11.4 Å². The molecule has 0 fully saturated rings. The summed E-state index contributed by atoms with van der Waals surface area (Å²) in [6.07, 6.45) is 3.56. The molecule has 90 valence electrons. The molecule has 0 atom stereocenters. The highest BCUT2D eigenvalue weighted by molar-refractivity contribution is 5.52. The molecule has 1 aromatic carbocycles. The Balaban J connectivity index is 1.93. The zero-order valence-corrected chi connectivity index (χ0v) is 9.72. The smallest absolute Gasteiger partial charge is 0.252 e. The van der Waals surface area contributed by atoms with Crippen LogP contribution in [0.2, 0.25) is 0 Å². The second kappa shape index (κ2) is 4.28. The Bertz CT molecular complexity index is 640. The summed E-state index contributed by atoms with van der Waals surface area (Å²) in [7, 11) is 1.85. The van der Waals surface area contributed by atoms with Crippen LogP contribution in [0.1, 0.15) is 0 Å². The molecule has 3 aromatic rings. The van der Waals surface area contributed by atoms with Gasteiger partial charge in [-0.3, -0.25) is 4.68 Å². The number of anilines is 2. The summed E-state index contributed by atoms with van der Waals surface area (Å²) in [6.45, 7) is 0. The third kappa shape index (κ3) is 1.93. The van der Waals surface area contributed by atoms with E-state index in [2.05, 4.69) is 25.9 Å². The van der Waals surface area contributed by atoms with Gasteiger partial charge in [0.1, 0.15) is 0 Å². The normalized spacial score (nSPS) is 10.5. The average molecular weight is 241 g/mol. The number of benzene rings is 1. The van der Waals surface area contributed by atoms with Crippen molar-refractivity contribution in [2.24, 2.45) is 7.05 Å². The summed E-state index contributed by atoms with van der Waals surface area (Å²) in [5.41, 5.74) is 1.73. The first-order valence-electron chi connectivity index (χ1n) is 5.42. The molecule has 2 aromatic heterocycles. The van der Waals surface area contributed by atoms with Crippen molar-refractivity contribution in [3.8, 4) is 5.69 Å². The van der Waals surface area contributed by atoms with E-state index >= 15 is 0 Å². The van der Waals surface area contributed by atoms with Crippen LogP contribution in [0.3, 0.4) is 0 Å². The molecule has 2 heterocycles. The van der Waals surface area contributed by atoms with E-state index in [4.69, 9.17) is 0 Å². The number of para-hydroxylation sites is 1. The second-order valence-electron chi connectivity index (χ2n) is 3.78. The van der Waals surface area contributed by atoms with Gasteiger partial charge in [-0.05, 0) is 22.6 Å². The number of hydrogen-bond acceptors (Lipinski definition) is 5. The highest BCUT2D eigenvalue weighted by Crippen LogP contribution is 2.15. The van der Waals surface area contributed by atoms with Gasteiger partial charge in [0.15, 0.2) is 0 Å². The van der Waals surface area contributed by atoms with Crippen molar-refractivity contribution in [3.05, 3.63) is 42.7 Å². The molecule has 3 rings (SSSR count). The first-order chi connectivity index (χ1) is 8.83. The van der Waals surface area contributed by atoms with Crippen LogP contribution in [0, 0.1) is 0 Å². The Morgan fingerprint density at radius 2 is 2.00 bits per heavy atom. The van der Waals surface area contributed by atoms with Crippen LogP contribution in [0.25, 0.3) is 5.69 Å². The average Bonchev–Trinajstić information content (AvgIpc) is 3.00. The van der Waals surface area contributed by atoms with Crippen LogP contribution in [-0.2, 0) is 7.05 Å². The predicted molar refractivity (Wildman–Crippen MR) is 65.6 cm³/mol. The highest BCUT2D eigenvalue weighted by Gasteiger charge is 2.08. The van der Waals surface area contributed by atoms with E-state index in [-0.39, 0.29) is 0 Å². The monoisotopic (exact) mass is 241 g/mol. The number of nitrogens with zero attached hydrogens (tertiary/aromatic N) is 6. The van der Waals surface area contributed by atoms with Crippen molar-refractivity contribution in [2.75, 3.05) is 5.32 Å². The SMILES string of the molecule is Cn1cc(Nc2nnnn2-c2ccccc2)cn1. The molecular formula is C11H11N7. The number of aryl methyl sites for hydroxylation is 1. The number of hydrogen-bond donors (Lipinski definition) is 1. The molecule has 0 spiro atoms. The summed E-state index contributed by atoms with van der Waals surface area (Å²) < 4.78 is 3.34. The second-order valence-corrected chi connectivity index (χ2v) is 3.78. The van der Waals surface area contributed by atoms with Gasteiger partial charge in [-0.1, -0.05) is 23.3 Å². The maximum Gasteiger partial charge on any atom is 0.252 e. The molecule has 0 aliphatic heterocycles. The minimum absolute atomic E-state index is 0.550. The van der Waals surface area contributed by atoms with Crippen molar-refractivity contribution in [1.29, 1.82) is 0 Å². The molecule has 7 nitrogen and oxygen atoms in total. The van der Waals surface area contributed by atoms with Gasteiger partial charge in [0.25, 0.3) is 5.95 Å². The lowest BCUT2D eigenvalue weighted by molar-refractivity contribution is 0.768. The number of rotatable bonds is 3. The Morgan fingerprint density at radius 1 is 1.17 bits per heavy atom. The number of aromatic nitrogens is 6. The summed E-state index contributed by atoms with van der Waals surface area (Å²) in [6, 6.07) is 9.69. The molecule has 0 saturated carbocycles. The zero-order chi connectivity index (χ0) is 12.4. The fourth-order valence-electron chi connectivity index (χ4n) is 1.62. The van der Waals surface area contributed by atoms with Gasteiger partial charge in [0, 0.05) is 13.2 Å². The third-order valence-electron chi connectivity index (χ3n) is 2.43. The van der Waals surface area contributed by atoms with Gasteiger partial charge >= 0.3 is 0 Å². The molecule has 18 heavy (non-hydrogen) atoms. The van der Waals surface area contributed by atoms with E-state index in [1.165, 1.54) is 0 Å². The van der Waals surface area contributed by atoms with Crippen molar-refractivity contribution in [1.82, 2.24) is 30.0 Å². The van der Waals surface area contributed by atoms with Crippen LogP contribution < -0.4 is 5.32 Å². The van der Waals surface area contributed by atoms with Gasteiger partial charge < -0.3 is 5.32 Å². The lowest BCUT2D eigenvalue weighted by Crippen LogP contribution is -2.02. The van der Waals surface area contributed by atoms with Crippen LogP contribution >= 0.6 is 0 Å². The summed E-state index contributed by atoms with van der Waals surface area (Å²) in [4.78, 5) is 0. The lowest BCUT2D eigenvalue weighted by atomic mass is 10.3. The Labute approximate surface area is 103 Å². The quantitative estimate of drug-likeness (QED) is 0.744. The van der Waals surface area contributed by atoms with Crippen molar-refractivity contribution >= 4 is 11.6 Å². The molecule has 0 aliphatic carbocycles. The molecule has 0 radical (unpaired) electrons. The summed E-state index contributed by atoms with van der Waals surface area (Å²) in [5, 5.41) is 18.8. The molecule has 7 heteroatoms. The van der Waals surface area contributed by atoms with Gasteiger partial charge in [0.05, 0.1) is 17.6 Å². The van der Waals surface area contributed by atoms with Crippen molar-refractivity contribution in [2.45, 2.75) is 0 Å². The molecule has 0 unspecified atom stereocenters. The molecule has 0 aliphatic rings. The molecule has 1 N–H and O–H groups in total. The largest absolute Gasteiger partial charge is 0.320 e. The van der Waals surface area contributed by atoms with Crippen LogP contribution in [0.5, 0.6) is 0 Å². The third-order valence-corrected chi connectivity index (χ3v) is 2.43. The highest BCUT2D eigenvalue weighted by atomic mass is 15.6. The molecule has 0 amide bonds. The van der Waals surface area contributed by atoms with Crippen molar-refractivity contribution in [3.63, 3.8) is 0 Å². The van der Waals surface area contributed by atoms with E-state index < -0.39 is 0 Å². The minimum atomic E-state index is 0.550. The Kier molecular flexibility index (Phi) is 2.49. The van der Waals surface area contributed by atoms with Gasteiger partial charge in [-0.25, -0.2) is 0 Å². The first kappa shape index (κ1) is 10.5. The first-order valence-corrected chi connectivity index (χ1v) is 5.42. The zero-order valence-electron chi connectivity index (χ0n) is 9.72. The molecular weight excluding hydrogens is 230 g/mol. The number of nitrogens with one attached hydrogen (secondary N) is 1. The van der Waals surface area contributed by atoms with Crippen molar-refractivity contribution < 1.29 is 0 Å². The summed E-state index contributed by atoms with van der Waals surface area (Å²) >= 11 is 0. The Morgan fingerprint density at radius 3 is 2.72 bits per heavy atom. The lowest BCUT2D eigenvalue weighted by Gasteiger charge is -2.04. The van der Waals surface area contributed by atoms with E-state index in [1.54, 1.807) is 15.6 Å². The fourth-order valence-corrected chi connectivity index (χ4v) is 1.62. The van der Waals surface area contributed by atoms with E-state index in [9.17, 15) is 0 Å². The topological polar surface area (TPSA) is 73.5 Å². The predicted octanol–water partition coefficient (Wildman–Crippen LogP) is 1.14. The maximum absolute atomic E-state index is 4.08. The minimum Gasteiger partial charge on any atom is -0.320 e.